The number of imidazole rings is 1. The van der Waals surface area contributed by atoms with E-state index in [-0.39, 0.29) is 17.3 Å². The number of H-pyrrole nitrogens is 1. The highest BCUT2D eigenvalue weighted by Crippen LogP contribution is 2.37. The molecule has 0 spiro atoms. The van der Waals surface area contributed by atoms with Crippen molar-refractivity contribution in [2.45, 2.75) is 32.2 Å². The summed E-state index contributed by atoms with van der Waals surface area (Å²) in [6.07, 6.45) is 3.36. The number of aromatic nitrogens is 2. The first-order chi connectivity index (χ1) is 9.08. The smallest absolute Gasteiger partial charge is 0.337 e. The van der Waals surface area contributed by atoms with Crippen LogP contribution in [-0.4, -0.2) is 20.6 Å². The third-order valence-electron chi connectivity index (χ3n) is 3.78. The van der Waals surface area contributed by atoms with E-state index in [1.165, 1.54) is 18.9 Å². The number of benzene rings is 1. The number of hydrogen-bond acceptors (Lipinski definition) is 2. The molecule has 2 aromatic rings. The number of carboxylic acid groups (broad SMARTS) is 1. The van der Waals surface area contributed by atoms with Gasteiger partial charge < -0.3 is 10.1 Å². The Hall–Kier alpha value is -2.04. The van der Waals surface area contributed by atoms with Crippen LogP contribution in [0.25, 0.3) is 11.0 Å². The number of aromatic amines is 1. The second-order valence-corrected chi connectivity index (χ2v) is 5.34. The van der Waals surface area contributed by atoms with Crippen LogP contribution in [0.1, 0.15) is 42.6 Å². The first-order valence-corrected chi connectivity index (χ1v) is 6.54. The fourth-order valence-electron chi connectivity index (χ4n) is 2.72. The minimum atomic E-state index is -1.00. The van der Waals surface area contributed by atoms with Gasteiger partial charge in [-0.3, -0.25) is 4.57 Å². The lowest BCUT2D eigenvalue weighted by Gasteiger charge is -2.13. The maximum atomic E-state index is 12.1. The summed E-state index contributed by atoms with van der Waals surface area (Å²) in [5.41, 5.74) is 1.05. The molecule has 100 valence electrons. The number of fused-ring (bicyclic) bond motifs is 1. The Balaban J connectivity index is 2.18. The van der Waals surface area contributed by atoms with E-state index >= 15 is 0 Å². The van der Waals surface area contributed by atoms with Gasteiger partial charge in [0.1, 0.15) is 0 Å². The zero-order valence-electron chi connectivity index (χ0n) is 10.7. The Bertz CT molecular complexity index is 694. The van der Waals surface area contributed by atoms with Crippen LogP contribution < -0.4 is 5.69 Å². The quantitative estimate of drug-likeness (QED) is 0.886. The van der Waals surface area contributed by atoms with E-state index < -0.39 is 5.97 Å². The molecule has 3 rings (SSSR count). The minimum absolute atomic E-state index is 0.0225. The number of hydrogen-bond donors (Lipinski definition) is 2. The molecule has 19 heavy (non-hydrogen) atoms. The zero-order valence-corrected chi connectivity index (χ0v) is 10.7. The van der Waals surface area contributed by atoms with Crippen LogP contribution in [-0.2, 0) is 0 Å². The average Bonchev–Trinajstić information content (AvgIpc) is 3.08. The second-order valence-electron chi connectivity index (χ2n) is 5.34. The lowest BCUT2D eigenvalue weighted by atomic mass is 10.1. The molecule has 1 heterocycles. The van der Waals surface area contributed by atoms with Crippen LogP contribution in [0.4, 0.5) is 0 Å². The summed E-state index contributed by atoms with van der Waals surface area (Å²) in [5, 5.41) is 9.26. The Kier molecular flexibility index (Phi) is 2.69. The third kappa shape index (κ3) is 2.05. The molecule has 1 aliphatic carbocycles. The molecule has 1 aliphatic rings. The molecule has 5 heteroatoms. The van der Waals surface area contributed by atoms with Gasteiger partial charge in [-0.15, -0.1) is 0 Å². The second kappa shape index (κ2) is 4.26. The highest BCUT2D eigenvalue weighted by molar-refractivity contribution is 6.01. The largest absolute Gasteiger partial charge is 0.478 e. The van der Waals surface area contributed by atoms with Gasteiger partial charge in [-0.1, -0.05) is 18.9 Å². The standard InChI is InChI=1S/C14H16N2O3/c1-8(7-9-5-6-9)16-12-10(13(17)18)3-2-4-11(12)15-14(16)19/h2-4,8-9H,5-7H2,1H3,(H,15,19)(H,17,18). The number of nitrogens with one attached hydrogen (secondary N) is 1. The molecule has 1 unspecified atom stereocenters. The summed E-state index contributed by atoms with van der Waals surface area (Å²) in [6.45, 7) is 1.98. The van der Waals surface area contributed by atoms with E-state index in [1.54, 1.807) is 16.7 Å². The highest BCUT2D eigenvalue weighted by Gasteiger charge is 2.26. The Morgan fingerprint density at radius 1 is 1.53 bits per heavy atom. The van der Waals surface area contributed by atoms with Crippen LogP contribution in [0.2, 0.25) is 0 Å². The number of rotatable bonds is 4. The Labute approximate surface area is 109 Å². The number of carbonyl (C=O) groups is 1. The predicted molar refractivity (Wildman–Crippen MR) is 71.6 cm³/mol. The highest BCUT2D eigenvalue weighted by atomic mass is 16.4. The average molecular weight is 260 g/mol. The van der Waals surface area contributed by atoms with Crippen molar-refractivity contribution in [2.75, 3.05) is 0 Å². The van der Waals surface area contributed by atoms with Crippen molar-refractivity contribution in [3.05, 3.63) is 34.2 Å². The van der Waals surface area contributed by atoms with E-state index in [4.69, 9.17) is 0 Å². The molecule has 0 aliphatic heterocycles. The summed E-state index contributed by atoms with van der Waals surface area (Å²) in [6, 6.07) is 4.95. The molecule has 0 radical (unpaired) electrons. The predicted octanol–water partition coefficient (Wildman–Crippen LogP) is 2.39. The first kappa shape index (κ1) is 12.0. The minimum Gasteiger partial charge on any atom is -0.478 e. The maximum Gasteiger partial charge on any atom is 0.337 e. The molecule has 1 aromatic carbocycles. The molecule has 5 nitrogen and oxygen atoms in total. The van der Waals surface area contributed by atoms with Crippen molar-refractivity contribution in [1.82, 2.24) is 9.55 Å². The molecule has 1 aromatic heterocycles. The van der Waals surface area contributed by atoms with Crippen molar-refractivity contribution < 1.29 is 9.90 Å². The van der Waals surface area contributed by atoms with Crippen LogP contribution in [0.3, 0.4) is 0 Å². The van der Waals surface area contributed by atoms with E-state index in [2.05, 4.69) is 4.98 Å². The van der Waals surface area contributed by atoms with Gasteiger partial charge in [0.2, 0.25) is 0 Å². The van der Waals surface area contributed by atoms with E-state index in [1.807, 2.05) is 6.92 Å². The van der Waals surface area contributed by atoms with Crippen LogP contribution in [0.15, 0.2) is 23.0 Å². The Morgan fingerprint density at radius 2 is 2.26 bits per heavy atom. The van der Waals surface area contributed by atoms with Crippen LogP contribution in [0, 0.1) is 5.92 Å². The molecule has 2 N–H and O–H groups in total. The molecule has 0 bridgehead atoms. The summed E-state index contributed by atoms with van der Waals surface area (Å²) in [5.74, 6) is -0.319. The van der Waals surface area contributed by atoms with Crippen LogP contribution >= 0.6 is 0 Å². The summed E-state index contributed by atoms with van der Waals surface area (Å²) >= 11 is 0. The van der Waals surface area contributed by atoms with Gasteiger partial charge in [0.15, 0.2) is 0 Å². The topological polar surface area (TPSA) is 75.1 Å². The summed E-state index contributed by atoms with van der Waals surface area (Å²) < 4.78 is 1.59. The van der Waals surface area contributed by atoms with Crippen molar-refractivity contribution in [3.8, 4) is 0 Å². The lowest BCUT2D eigenvalue weighted by Crippen LogP contribution is -2.21. The molecule has 0 amide bonds. The number of nitrogens with zero attached hydrogens (tertiary/aromatic N) is 1. The molecule has 1 atom stereocenters. The fraction of sp³-hybridized carbons (Fsp3) is 0.429. The van der Waals surface area contributed by atoms with Crippen molar-refractivity contribution in [2.24, 2.45) is 5.92 Å². The van der Waals surface area contributed by atoms with Gasteiger partial charge in [-0.2, -0.15) is 0 Å². The Morgan fingerprint density at radius 3 is 2.89 bits per heavy atom. The van der Waals surface area contributed by atoms with Gasteiger partial charge in [0, 0.05) is 6.04 Å². The van der Waals surface area contributed by atoms with Crippen LogP contribution in [0.5, 0.6) is 0 Å². The van der Waals surface area contributed by atoms with Crippen molar-refractivity contribution in [3.63, 3.8) is 0 Å². The zero-order chi connectivity index (χ0) is 13.6. The van der Waals surface area contributed by atoms with E-state index in [0.717, 1.165) is 6.42 Å². The number of para-hydroxylation sites is 1. The summed E-state index contributed by atoms with van der Waals surface area (Å²) in [7, 11) is 0. The van der Waals surface area contributed by atoms with E-state index in [9.17, 15) is 14.7 Å². The van der Waals surface area contributed by atoms with Gasteiger partial charge >= 0.3 is 11.7 Å². The molecule has 0 saturated heterocycles. The maximum absolute atomic E-state index is 12.1. The number of carboxylic acids is 1. The van der Waals surface area contributed by atoms with Gasteiger partial charge in [0.05, 0.1) is 16.6 Å². The SMILES string of the molecule is CC(CC1CC1)n1c(=O)[nH]c2cccc(C(=O)O)c21. The third-order valence-corrected chi connectivity index (χ3v) is 3.78. The molecular formula is C14H16N2O3. The molecule has 1 fully saturated rings. The first-order valence-electron chi connectivity index (χ1n) is 6.54. The molecule has 1 saturated carbocycles. The van der Waals surface area contributed by atoms with Gasteiger partial charge in [0.25, 0.3) is 0 Å². The van der Waals surface area contributed by atoms with E-state index in [0.29, 0.717) is 17.0 Å². The summed E-state index contributed by atoms with van der Waals surface area (Å²) in [4.78, 5) is 26.1. The van der Waals surface area contributed by atoms with Gasteiger partial charge in [-0.05, 0) is 31.4 Å². The van der Waals surface area contributed by atoms with Crippen molar-refractivity contribution >= 4 is 17.0 Å². The monoisotopic (exact) mass is 260 g/mol. The van der Waals surface area contributed by atoms with Gasteiger partial charge in [-0.25, -0.2) is 9.59 Å². The normalized spacial score (nSPS) is 16.7. The lowest BCUT2D eigenvalue weighted by molar-refractivity contribution is 0.0698. The molecular weight excluding hydrogens is 244 g/mol. The van der Waals surface area contributed by atoms with Crippen molar-refractivity contribution in [1.29, 1.82) is 0 Å². The fourth-order valence-corrected chi connectivity index (χ4v) is 2.72. The number of aromatic carboxylic acids is 1.